The van der Waals surface area contributed by atoms with Crippen molar-refractivity contribution in [3.05, 3.63) is 71.3 Å². The van der Waals surface area contributed by atoms with Crippen molar-refractivity contribution >= 4 is 41.6 Å². The van der Waals surface area contributed by atoms with E-state index in [1.54, 1.807) is 18.2 Å². The first kappa shape index (κ1) is 28.3. The monoisotopic (exact) mass is 539 g/mol. The number of rotatable bonds is 11. The lowest BCUT2D eigenvalue weighted by molar-refractivity contribution is -0.165. The van der Waals surface area contributed by atoms with Gasteiger partial charge in [0.1, 0.15) is 11.9 Å². The fourth-order valence-electron chi connectivity index (χ4n) is 3.93. The van der Waals surface area contributed by atoms with Crippen LogP contribution >= 0.6 is 0 Å². The van der Waals surface area contributed by atoms with Crippen molar-refractivity contribution in [2.45, 2.75) is 38.0 Å². The van der Waals surface area contributed by atoms with E-state index in [0.29, 0.717) is 16.1 Å². The number of nitrogen functional groups attached to an aromatic ring is 1. The molecular weight excluding hydrogens is 514 g/mol. The van der Waals surface area contributed by atoms with E-state index in [-0.39, 0.29) is 22.8 Å². The maximum Gasteiger partial charge on any atom is 0.437 e. The van der Waals surface area contributed by atoms with Gasteiger partial charge in [0.05, 0.1) is 6.42 Å². The summed E-state index contributed by atoms with van der Waals surface area (Å²) in [4.78, 5) is 75.1. The fourth-order valence-corrected chi connectivity index (χ4v) is 3.93. The first-order chi connectivity index (χ1) is 18.4. The number of nitrogens with two attached hydrogens (primary N) is 1. The number of cyclic esters (lactones) is 1. The first-order valence-corrected chi connectivity index (χ1v) is 11.5. The molecule has 4 amide bonds. The summed E-state index contributed by atoms with van der Waals surface area (Å²) in [5.74, 6) is -6.51. The highest BCUT2D eigenvalue weighted by molar-refractivity contribution is 6.03. The van der Waals surface area contributed by atoms with Crippen molar-refractivity contribution in [1.82, 2.24) is 15.3 Å². The smallest absolute Gasteiger partial charge is 0.437 e. The lowest BCUT2D eigenvalue weighted by Gasteiger charge is -2.33. The number of carbonyl (C=O) groups is 6. The number of amidine groups is 1. The number of hydrogen-bond acceptors (Lipinski definition) is 8. The van der Waals surface area contributed by atoms with E-state index in [9.17, 15) is 39.0 Å². The molecule has 1 aliphatic rings. The summed E-state index contributed by atoms with van der Waals surface area (Å²) in [5, 5.41) is 29.3. The van der Waals surface area contributed by atoms with Gasteiger partial charge >= 0.3 is 18.0 Å². The minimum atomic E-state index is -1.98. The third kappa shape index (κ3) is 6.54. The summed E-state index contributed by atoms with van der Waals surface area (Å²) in [7, 11) is 0. The SMILES string of the molecule is CC(=O)N([C@@H](CC(=O)O)C(=O)N[C@H](C(=O)O)c1ccccc1)N1C(=O)OC(Cc2ccc(C(=N)N)cc2)C1=O. The number of amides is 4. The lowest BCUT2D eigenvalue weighted by atomic mass is 10.0. The number of carboxylic acid groups (broad SMARTS) is 2. The Balaban J connectivity index is 1.89. The number of hydrogen-bond donors (Lipinski definition) is 5. The second kappa shape index (κ2) is 11.9. The summed E-state index contributed by atoms with van der Waals surface area (Å²) in [6.45, 7) is 0.905. The van der Waals surface area contributed by atoms with Gasteiger partial charge in [-0.05, 0) is 11.1 Å². The maximum absolute atomic E-state index is 13.2. The fraction of sp³-hybridized carbons (Fsp3) is 0.240. The highest BCUT2D eigenvalue weighted by atomic mass is 16.6. The van der Waals surface area contributed by atoms with E-state index < -0.39 is 60.4 Å². The number of ether oxygens (including phenoxy) is 1. The lowest BCUT2D eigenvalue weighted by Crippen LogP contribution is -2.59. The zero-order valence-electron chi connectivity index (χ0n) is 20.6. The Morgan fingerprint density at radius 1 is 1.08 bits per heavy atom. The molecule has 6 N–H and O–H groups in total. The van der Waals surface area contributed by atoms with Crippen molar-refractivity contribution in [2.75, 3.05) is 0 Å². The average molecular weight is 540 g/mol. The molecule has 3 atom stereocenters. The van der Waals surface area contributed by atoms with Gasteiger partial charge < -0.3 is 26.0 Å². The summed E-state index contributed by atoms with van der Waals surface area (Å²) < 4.78 is 5.13. The van der Waals surface area contributed by atoms with Gasteiger partial charge in [-0.15, -0.1) is 5.01 Å². The molecule has 0 radical (unpaired) electrons. The van der Waals surface area contributed by atoms with E-state index in [4.69, 9.17) is 15.9 Å². The quantitative estimate of drug-likeness (QED) is 0.195. The highest BCUT2D eigenvalue weighted by Gasteiger charge is 2.49. The van der Waals surface area contributed by atoms with E-state index >= 15 is 0 Å². The number of benzene rings is 2. The number of aliphatic carboxylic acids is 2. The first-order valence-electron chi connectivity index (χ1n) is 11.5. The van der Waals surface area contributed by atoms with Gasteiger partial charge in [0.15, 0.2) is 12.1 Å². The van der Waals surface area contributed by atoms with E-state index in [0.717, 1.165) is 6.92 Å². The molecule has 0 aromatic heterocycles. The number of carbonyl (C=O) groups excluding carboxylic acids is 4. The van der Waals surface area contributed by atoms with Crippen molar-refractivity contribution in [1.29, 1.82) is 5.41 Å². The van der Waals surface area contributed by atoms with Crippen LogP contribution in [0.5, 0.6) is 0 Å². The van der Waals surface area contributed by atoms with Crippen LogP contribution in [0.3, 0.4) is 0 Å². The van der Waals surface area contributed by atoms with Crippen LogP contribution in [-0.2, 0) is 35.1 Å². The Labute approximate surface area is 221 Å². The third-order valence-electron chi connectivity index (χ3n) is 5.76. The molecule has 0 saturated carbocycles. The maximum atomic E-state index is 13.2. The summed E-state index contributed by atoms with van der Waals surface area (Å²) in [5.41, 5.74) is 6.53. The van der Waals surface area contributed by atoms with Gasteiger partial charge in [0, 0.05) is 18.9 Å². The molecule has 204 valence electrons. The van der Waals surface area contributed by atoms with Gasteiger partial charge in [-0.3, -0.25) is 24.6 Å². The summed E-state index contributed by atoms with van der Waals surface area (Å²) in [6, 6.07) is 10.1. The van der Waals surface area contributed by atoms with Crippen molar-refractivity contribution in [2.24, 2.45) is 5.73 Å². The Bertz CT molecular complexity index is 1310. The second-order valence-corrected chi connectivity index (χ2v) is 8.50. The molecule has 1 aliphatic heterocycles. The summed E-state index contributed by atoms with van der Waals surface area (Å²) in [6.07, 6.45) is -3.91. The van der Waals surface area contributed by atoms with Crippen LogP contribution in [0, 0.1) is 5.41 Å². The standard InChI is InChI=1S/C25H25N5O9/c1-13(31)29(17(12-19(32)33)22(34)28-20(24(36)37)15-5-3-2-4-6-15)30-23(35)18(39-25(30)38)11-14-7-9-16(10-8-14)21(26)27/h2-10,17-18,20H,11-12H2,1H3,(H3,26,27)(H,28,34)(H,32,33)(H,36,37)/t17-,18?,20-/m0/s1. The number of nitrogens with one attached hydrogen (secondary N) is 2. The number of nitrogens with zero attached hydrogens (tertiary/aromatic N) is 2. The molecule has 3 rings (SSSR count). The zero-order valence-corrected chi connectivity index (χ0v) is 20.6. The molecule has 0 aliphatic carbocycles. The molecular formula is C25H25N5O9. The predicted molar refractivity (Wildman–Crippen MR) is 132 cm³/mol. The molecule has 1 saturated heterocycles. The van der Waals surface area contributed by atoms with E-state index in [2.05, 4.69) is 5.32 Å². The normalized spacial score (nSPS) is 16.1. The van der Waals surface area contributed by atoms with Gasteiger partial charge in [0.25, 0.3) is 5.91 Å². The predicted octanol–water partition coefficient (Wildman–Crippen LogP) is 0.409. The molecule has 2 aromatic carbocycles. The Hall–Kier alpha value is -5.27. The van der Waals surface area contributed by atoms with Crippen LogP contribution in [0.15, 0.2) is 54.6 Å². The van der Waals surface area contributed by atoms with E-state index in [1.165, 1.54) is 36.4 Å². The largest absolute Gasteiger partial charge is 0.481 e. The van der Waals surface area contributed by atoms with Crippen LogP contribution in [-0.4, -0.2) is 74.0 Å². The minimum Gasteiger partial charge on any atom is -0.481 e. The molecule has 0 spiro atoms. The molecule has 1 heterocycles. The van der Waals surface area contributed by atoms with Gasteiger partial charge in [-0.1, -0.05) is 54.6 Å². The zero-order chi connectivity index (χ0) is 28.9. The van der Waals surface area contributed by atoms with Crippen LogP contribution in [0.1, 0.15) is 36.1 Å². The average Bonchev–Trinajstić information content (AvgIpc) is 3.14. The van der Waals surface area contributed by atoms with Crippen molar-refractivity contribution in [3.63, 3.8) is 0 Å². The molecule has 14 heteroatoms. The second-order valence-electron chi connectivity index (χ2n) is 8.50. The molecule has 1 unspecified atom stereocenters. The van der Waals surface area contributed by atoms with Gasteiger partial charge in [0.2, 0.25) is 11.8 Å². The van der Waals surface area contributed by atoms with Crippen LogP contribution in [0.4, 0.5) is 4.79 Å². The van der Waals surface area contributed by atoms with Crippen LogP contribution in [0.25, 0.3) is 0 Å². The van der Waals surface area contributed by atoms with Crippen LogP contribution < -0.4 is 11.1 Å². The number of imide groups is 1. The Morgan fingerprint density at radius 3 is 2.21 bits per heavy atom. The molecule has 2 aromatic rings. The minimum absolute atomic E-state index is 0.129. The Morgan fingerprint density at radius 2 is 1.69 bits per heavy atom. The van der Waals surface area contributed by atoms with Crippen LogP contribution in [0.2, 0.25) is 0 Å². The molecule has 0 bridgehead atoms. The highest BCUT2D eigenvalue weighted by Crippen LogP contribution is 2.24. The molecule has 39 heavy (non-hydrogen) atoms. The van der Waals surface area contributed by atoms with Gasteiger partial charge in [-0.25, -0.2) is 14.6 Å². The van der Waals surface area contributed by atoms with Crippen molar-refractivity contribution < 1.29 is 43.7 Å². The number of hydrazine groups is 1. The third-order valence-corrected chi connectivity index (χ3v) is 5.76. The summed E-state index contributed by atoms with van der Waals surface area (Å²) >= 11 is 0. The topological polar surface area (TPSA) is 220 Å². The van der Waals surface area contributed by atoms with Crippen molar-refractivity contribution in [3.8, 4) is 0 Å². The number of carboxylic acids is 2. The Kier molecular flexibility index (Phi) is 8.60. The molecule has 1 fully saturated rings. The van der Waals surface area contributed by atoms with E-state index in [1.807, 2.05) is 0 Å². The van der Waals surface area contributed by atoms with Gasteiger partial charge in [-0.2, -0.15) is 0 Å². The molecule has 14 nitrogen and oxygen atoms in total.